The minimum atomic E-state index is -0.0426. The van der Waals surface area contributed by atoms with Crippen molar-refractivity contribution in [1.82, 2.24) is 5.32 Å². The molecule has 0 radical (unpaired) electrons. The number of amides is 1. The zero-order chi connectivity index (χ0) is 13.7. The zero-order valence-electron chi connectivity index (χ0n) is 11.1. The van der Waals surface area contributed by atoms with Crippen LogP contribution in [0.1, 0.15) is 20.8 Å². The van der Waals surface area contributed by atoms with Crippen molar-refractivity contribution < 1.29 is 9.53 Å². The molecule has 19 heavy (non-hydrogen) atoms. The smallest absolute Gasteiger partial charge is 0.261 e. The fourth-order valence-electron chi connectivity index (χ4n) is 1.84. The van der Waals surface area contributed by atoms with Crippen LogP contribution in [-0.2, 0) is 0 Å². The van der Waals surface area contributed by atoms with Gasteiger partial charge < -0.3 is 10.1 Å². The van der Waals surface area contributed by atoms with Crippen LogP contribution >= 0.6 is 11.3 Å². The molecular formula is C15H17NO2S. The molecule has 4 heteroatoms. The van der Waals surface area contributed by atoms with E-state index in [4.69, 9.17) is 4.74 Å². The number of rotatable bonds is 5. The first kappa shape index (κ1) is 13.6. The molecule has 0 saturated heterocycles. The molecule has 1 aromatic heterocycles. The number of ether oxygens (including phenoxy) is 1. The minimum absolute atomic E-state index is 0.0426. The highest BCUT2D eigenvalue weighted by molar-refractivity contribution is 7.12. The maximum atomic E-state index is 11.7. The third kappa shape index (κ3) is 4.10. The van der Waals surface area contributed by atoms with Gasteiger partial charge in [0.1, 0.15) is 12.4 Å². The second-order valence-electron chi connectivity index (χ2n) is 4.41. The van der Waals surface area contributed by atoms with Gasteiger partial charge in [0, 0.05) is 0 Å². The molecule has 1 heterocycles. The largest absolute Gasteiger partial charge is 0.492 e. The molecule has 2 aromatic rings. The second kappa shape index (κ2) is 6.38. The van der Waals surface area contributed by atoms with Crippen molar-refractivity contribution >= 4 is 17.2 Å². The molecule has 2 rings (SSSR count). The summed E-state index contributed by atoms with van der Waals surface area (Å²) in [4.78, 5) is 12.4. The molecule has 0 aliphatic heterocycles. The third-order valence-electron chi connectivity index (χ3n) is 2.60. The fraction of sp³-hybridized carbons (Fsp3) is 0.267. The van der Waals surface area contributed by atoms with E-state index in [1.165, 1.54) is 22.5 Å². The van der Waals surface area contributed by atoms with Gasteiger partial charge in [-0.2, -0.15) is 0 Å². The lowest BCUT2D eigenvalue weighted by Crippen LogP contribution is -2.27. The number of thiophene rings is 1. The topological polar surface area (TPSA) is 38.3 Å². The van der Waals surface area contributed by atoms with E-state index in [1.54, 1.807) is 0 Å². The third-order valence-corrected chi connectivity index (χ3v) is 3.47. The Bertz CT molecular complexity index is 529. The molecule has 0 unspecified atom stereocenters. The molecule has 0 bridgehead atoms. The van der Waals surface area contributed by atoms with E-state index < -0.39 is 0 Å². The van der Waals surface area contributed by atoms with E-state index in [2.05, 4.69) is 11.4 Å². The lowest BCUT2D eigenvalue weighted by Gasteiger charge is -2.08. The Balaban J connectivity index is 1.76. The number of aryl methyl sites for hydroxylation is 2. The summed E-state index contributed by atoms with van der Waals surface area (Å²) >= 11 is 1.44. The van der Waals surface area contributed by atoms with Crippen molar-refractivity contribution in [2.75, 3.05) is 13.2 Å². The number of carbonyl (C=O) groups excluding carboxylic acids is 1. The van der Waals surface area contributed by atoms with Gasteiger partial charge in [-0.05, 0) is 48.6 Å². The van der Waals surface area contributed by atoms with Gasteiger partial charge in [0.25, 0.3) is 5.91 Å². The van der Waals surface area contributed by atoms with Gasteiger partial charge in [-0.25, -0.2) is 0 Å². The first-order valence-electron chi connectivity index (χ1n) is 6.18. The number of nitrogens with one attached hydrogen (secondary N) is 1. The molecule has 1 N–H and O–H groups in total. The molecule has 1 aromatic carbocycles. The normalized spacial score (nSPS) is 10.2. The Hall–Kier alpha value is -1.81. The van der Waals surface area contributed by atoms with Crippen LogP contribution in [0.15, 0.2) is 35.7 Å². The van der Waals surface area contributed by atoms with E-state index in [1.807, 2.05) is 43.5 Å². The van der Waals surface area contributed by atoms with E-state index in [0.29, 0.717) is 13.2 Å². The first-order valence-corrected chi connectivity index (χ1v) is 7.06. The van der Waals surface area contributed by atoms with Crippen molar-refractivity contribution in [3.05, 3.63) is 51.7 Å². The highest BCUT2D eigenvalue weighted by Crippen LogP contribution is 2.15. The maximum absolute atomic E-state index is 11.7. The lowest BCUT2D eigenvalue weighted by molar-refractivity contribution is 0.0951. The van der Waals surface area contributed by atoms with Crippen molar-refractivity contribution in [2.45, 2.75) is 13.8 Å². The zero-order valence-corrected chi connectivity index (χ0v) is 11.9. The van der Waals surface area contributed by atoms with Gasteiger partial charge in [-0.3, -0.25) is 4.79 Å². The average molecular weight is 275 g/mol. The van der Waals surface area contributed by atoms with Crippen molar-refractivity contribution in [2.24, 2.45) is 0 Å². The first-order chi connectivity index (χ1) is 9.15. The Morgan fingerprint density at radius 2 is 2.00 bits per heavy atom. The minimum Gasteiger partial charge on any atom is -0.492 e. The van der Waals surface area contributed by atoms with Crippen molar-refractivity contribution in [1.29, 1.82) is 0 Å². The highest BCUT2D eigenvalue weighted by atomic mass is 32.1. The number of hydrogen-bond acceptors (Lipinski definition) is 3. The van der Waals surface area contributed by atoms with Gasteiger partial charge in [-0.15, -0.1) is 11.3 Å². The van der Waals surface area contributed by atoms with Crippen LogP contribution in [0, 0.1) is 13.8 Å². The molecule has 0 aliphatic rings. The van der Waals surface area contributed by atoms with Gasteiger partial charge >= 0.3 is 0 Å². The Morgan fingerprint density at radius 3 is 2.63 bits per heavy atom. The molecule has 0 saturated carbocycles. The predicted octanol–water partition coefficient (Wildman–Crippen LogP) is 3.17. The lowest BCUT2D eigenvalue weighted by atomic mass is 10.1. The molecule has 1 amide bonds. The maximum Gasteiger partial charge on any atom is 0.261 e. The van der Waals surface area contributed by atoms with Crippen molar-refractivity contribution in [3.8, 4) is 5.75 Å². The summed E-state index contributed by atoms with van der Waals surface area (Å²) in [6, 6.07) is 9.77. The molecule has 0 spiro atoms. The van der Waals surface area contributed by atoms with Crippen LogP contribution in [0.25, 0.3) is 0 Å². The highest BCUT2D eigenvalue weighted by Gasteiger charge is 2.05. The molecule has 100 valence electrons. The van der Waals surface area contributed by atoms with Crippen molar-refractivity contribution in [3.63, 3.8) is 0 Å². The van der Waals surface area contributed by atoms with Gasteiger partial charge in [0.05, 0.1) is 11.4 Å². The fourth-order valence-corrected chi connectivity index (χ4v) is 2.48. The molecule has 0 atom stereocenters. The predicted molar refractivity (Wildman–Crippen MR) is 78.1 cm³/mol. The van der Waals surface area contributed by atoms with E-state index in [-0.39, 0.29) is 5.91 Å². The van der Waals surface area contributed by atoms with Gasteiger partial charge in [-0.1, -0.05) is 12.1 Å². The number of carbonyl (C=O) groups is 1. The monoisotopic (exact) mass is 275 g/mol. The summed E-state index contributed by atoms with van der Waals surface area (Å²) in [6.07, 6.45) is 0. The molecule has 0 fully saturated rings. The summed E-state index contributed by atoms with van der Waals surface area (Å²) in [5.74, 6) is 0.807. The number of benzene rings is 1. The summed E-state index contributed by atoms with van der Waals surface area (Å²) in [7, 11) is 0. The van der Waals surface area contributed by atoms with Gasteiger partial charge in [0.2, 0.25) is 0 Å². The summed E-state index contributed by atoms with van der Waals surface area (Å²) in [6.45, 7) is 5.06. The Morgan fingerprint density at radius 1 is 1.26 bits per heavy atom. The Kier molecular flexibility index (Phi) is 4.58. The van der Waals surface area contributed by atoms with E-state index in [0.717, 1.165) is 10.6 Å². The van der Waals surface area contributed by atoms with E-state index in [9.17, 15) is 4.79 Å². The SMILES string of the molecule is Cc1cc(C)cc(OCCNC(=O)c2cccs2)c1. The van der Waals surface area contributed by atoms with Crippen LogP contribution in [0.3, 0.4) is 0 Å². The summed E-state index contributed by atoms with van der Waals surface area (Å²) < 4.78 is 5.62. The van der Waals surface area contributed by atoms with Crippen LogP contribution in [0.5, 0.6) is 5.75 Å². The Labute approximate surface area is 117 Å². The van der Waals surface area contributed by atoms with Crippen LogP contribution < -0.4 is 10.1 Å². The van der Waals surface area contributed by atoms with E-state index >= 15 is 0 Å². The van der Waals surface area contributed by atoms with Crippen LogP contribution in [0.4, 0.5) is 0 Å². The standard InChI is InChI=1S/C15H17NO2S/c1-11-8-12(2)10-13(9-11)18-6-5-16-15(17)14-4-3-7-19-14/h3-4,7-10H,5-6H2,1-2H3,(H,16,17). The average Bonchev–Trinajstić information content (AvgIpc) is 2.87. The molecular weight excluding hydrogens is 258 g/mol. The van der Waals surface area contributed by atoms with Gasteiger partial charge in [0.15, 0.2) is 0 Å². The van der Waals surface area contributed by atoms with Crippen LogP contribution in [0.2, 0.25) is 0 Å². The summed E-state index contributed by atoms with van der Waals surface area (Å²) in [5, 5.41) is 4.72. The summed E-state index contributed by atoms with van der Waals surface area (Å²) in [5.41, 5.74) is 2.36. The molecule has 0 aliphatic carbocycles. The molecule has 3 nitrogen and oxygen atoms in total. The quantitative estimate of drug-likeness (QED) is 0.851. The van der Waals surface area contributed by atoms with Crippen LogP contribution in [-0.4, -0.2) is 19.1 Å². The second-order valence-corrected chi connectivity index (χ2v) is 5.35. The number of hydrogen-bond donors (Lipinski definition) is 1.